The summed E-state index contributed by atoms with van der Waals surface area (Å²) in [5.41, 5.74) is 4.73. The number of nitrogens with zero attached hydrogens (tertiary/aromatic N) is 2. The molecule has 1 fully saturated rings. The number of carbonyl (C=O) groups excluding carboxylic acids is 3. The third kappa shape index (κ3) is 4.64. The summed E-state index contributed by atoms with van der Waals surface area (Å²) < 4.78 is 15.4. The van der Waals surface area contributed by atoms with Gasteiger partial charge >= 0.3 is 0 Å². The third-order valence-corrected chi connectivity index (χ3v) is 6.84. The van der Waals surface area contributed by atoms with Crippen LogP contribution < -0.4 is 5.32 Å². The van der Waals surface area contributed by atoms with Crippen molar-refractivity contribution in [3.8, 4) is 5.69 Å². The van der Waals surface area contributed by atoms with Crippen molar-refractivity contribution >= 4 is 52.2 Å². The zero-order valence-corrected chi connectivity index (χ0v) is 20.3. The van der Waals surface area contributed by atoms with Gasteiger partial charge in [-0.05, 0) is 86.1 Å². The highest BCUT2D eigenvalue weighted by atomic mass is 35.5. The van der Waals surface area contributed by atoms with E-state index in [1.807, 2.05) is 49.6 Å². The summed E-state index contributed by atoms with van der Waals surface area (Å²) in [6, 6.07) is 13.0. The Morgan fingerprint density at radius 3 is 2.59 bits per heavy atom. The molecule has 6 nitrogen and oxygen atoms in total. The van der Waals surface area contributed by atoms with Crippen molar-refractivity contribution in [2.24, 2.45) is 0 Å². The molecule has 0 aliphatic carbocycles. The Morgan fingerprint density at radius 1 is 1.12 bits per heavy atom. The van der Waals surface area contributed by atoms with Gasteiger partial charge < -0.3 is 9.88 Å². The number of hydrogen-bond acceptors (Lipinski definition) is 4. The van der Waals surface area contributed by atoms with Gasteiger partial charge in [-0.25, -0.2) is 4.39 Å². The third-order valence-electron chi connectivity index (χ3n) is 5.52. The van der Waals surface area contributed by atoms with Crippen molar-refractivity contribution in [1.82, 2.24) is 9.47 Å². The molecule has 174 valence electrons. The highest BCUT2D eigenvalue weighted by Crippen LogP contribution is 2.34. The van der Waals surface area contributed by atoms with Crippen LogP contribution in [0.1, 0.15) is 22.5 Å². The van der Waals surface area contributed by atoms with Crippen molar-refractivity contribution < 1.29 is 18.8 Å². The molecule has 1 saturated heterocycles. The van der Waals surface area contributed by atoms with E-state index in [4.69, 9.17) is 11.6 Å². The Labute approximate surface area is 205 Å². The summed E-state index contributed by atoms with van der Waals surface area (Å²) in [6.07, 6.45) is 1.66. The lowest BCUT2D eigenvalue weighted by molar-refractivity contribution is -0.127. The number of rotatable bonds is 5. The molecule has 0 bridgehead atoms. The lowest BCUT2D eigenvalue weighted by Crippen LogP contribution is -2.36. The standard InChI is InChI=1S/C25H21ClFN3O3S/c1-14-10-17(16(3)30(14)21-9-5-8-20(26)15(21)2)11-22-24(32)29(25(33)34-22)13-23(31)28-19-7-4-6-18(27)12-19/h4-12H,13H2,1-3H3,(H,28,31)/b22-11+. The first-order valence-corrected chi connectivity index (χ1v) is 11.6. The summed E-state index contributed by atoms with van der Waals surface area (Å²) in [5.74, 6) is -1.64. The highest BCUT2D eigenvalue weighted by molar-refractivity contribution is 8.18. The van der Waals surface area contributed by atoms with Gasteiger partial charge in [0.2, 0.25) is 5.91 Å². The van der Waals surface area contributed by atoms with Crippen LogP contribution in [0.5, 0.6) is 0 Å². The van der Waals surface area contributed by atoms with Crippen LogP contribution in [0.15, 0.2) is 53.4 Å². The van der Waals surface area contributed by atoms with E-state index in [1.165, 1.54) is 18.2 Å². The van der Waals surface area contributed by atoms with Crippen molar-refractivity contribution in [3.05, 3.63) is 86.8 Å². The fourth-order valence-electron chi connectivity index (χ4n) is 3.83. The highest BCUT2D eigenvalue weighted by Gasteiger charge is 2.36. The molecule has 2 heterocycles. The molecular formula is C25H21ClFN3O3S. The van der Waals surface area contributed by atoms with E-state index in [9.17, 15) is 18.8 Å². The van der Waals surface area contributed by atoms with Crippen LogP contribution in [0.4, 0.5) is 14.9 Å². The monoisotopic (exact) mass is 497 g/mol. The molecule has 1 aliphatic rings. The number of hydrogen-bond donors (Lipinski definition) is 1. The Morgan fingerprint density at radius 2 is 1.85 bits per heavy atom. The molecule has 3 aromatic rings. The quantitative estimate of drug-likeness (QED) is 0.447. The second kappa shape index (κ2) is 9.48. The summed E-state index contributed by atoms with van der Waals surface area (Å²) >= 11 is 7.08. The molecule has 34 heavy (non-hydrogen) atoms. The molecule has 0 unspecified atom stereocenters. The number of aromatic nitrogens is 1. The van der Waals surface area contributed by atoms with E-state index >= 15 is 0 Å². The van der Waals surface area contributed by atoms with E-state index < -0.39 is 29.4 Å². The molecule has 1 aliphatic heterocycles. The SMILES string of the molecule is Cc1c(Cl)cccc1-n1c(C)cc(/C=C2/SC(=O)N(CC(=O)Nc3cccc(F)c3)C2=O)c1C. The van der Waals surface area contributed by atoms with Crippen molar-refractivity contribution in [2.75, 3.05) is 11.9 Å². The predicted molar refractivity (Wildman–Crippen MR) is 133 cm³/mol. The second-order valence-corrected chi connectivity index (χ2v) is 9.27. The van der Waals surface area contributed by atoms with Gasteiger partial charge in [0, 0.05) is 27.8 Å². The van der Waals surface area contributed by atoms with Gasteiger partial charge in [-0.3, -0.25) is 19.3 Å². The van der Waals surface area contributed by atoms with Crippen LogP contribution in [0.25, 0.3) is 11.8 Å². The van der Waals surface area contributed by atoms with Gasteiger partial charge in [0.15, 0.2) is 0 Å². The largest absolute Gasteiger partial charge is 0.324 e. The summed E-state index contributed by atoms with van der Waals surface area (Å²) in [4.78, 5) is 38.8. The number of thioether (sulfide) groups is 1. The lowest BCUT2D eigenvalue weighted by atomic mass is 10.2. The van der Waals surface area contributed by atoms with Crippen LogP contribution >= 0.6 is 23.4 Å². The van der Waals surface area contributed by atoms with Crippen LogP contribution in [0.2, 0.25) is 5.02 Å². The molecule has 0 radical (unpaired) electrons. The number of carbonyl (C=O) groups is 3. The van der Waals surface area contributed by atoms with Gasteiger partial charge in [0.05, 0.1) is 4.91 Å². The molecule has 1 N–H and O–H groups in total. The number of nitrogens with one attached hydrogen (secondary N) is 1. The second-order valence-electron chi connectivity index (χ2n) is 7.87. The lowest BCUT2D eigenvalue weighted by Gasteiger charge is -2.13. The first kappa shape index (κ1) is 23.8. The predicted octanol–water partition coefficient (Wildman–Crippen LogP) is 5.87. The van der Waals surface area contributed by atoms with Gasteiger partial charge in [0.25, 0.3) is 11.1 Å². The number of aryl methyl sites for hydroxylation is 1. The fraction of sp³-hybridized carbons (Fsp3) is 0.160. The van der Waals surface area contributed by atoms with Crippen molar-refractivity contribution in [2.45, 2.75) is 20.8 Å². The minimum absolute atomic E-state index is 0.228. The van der Waals surface area contributed by atoms with E-state index in [1.54, 1.807) is 6.08 Å². The Balaban J connectivity index is 1.56. The fourth-order valence-corrected chi connectivity index (χ4v) is 4.83. The first-order chi connectivity index (χ1) is 16.2. The smallest absolute Gasteiger partial charge is 0.294 e. The summed E-state index contributed by atoms with van der Waals surface area (Å²) in [7, 11) is 0. The molecule has 0 atom stereocenters. The molecule has 3 amide bonds. The van der Waals surface area contributed by atoms with E-state index in [0.717, 1.165) is 50.9 Å². The van der Waals surface area contributed by atoms with Crippen LogP contribution in [-0.4, -0.2) is 33.1 Å². The Hall–Kier alpha value is -3.36. The molecule has 2 aromatic carbocycles. The van der Waals surface area contributed by atoms with Gasteiger partial charge in [-0.1, -0.05) is 23.7 Å². The maximum Gasteiger partial charge on any atom is 0.294 e. The zero-order valence-electron chi connectivity index (χ0n) is 18.7. The first-order valence-electron chi connectivity index (χ1n) is 10.4. The van der Waals surface area contributed by atoms with Crippen molar-refractivity contribution in [1.29, 1.82) is 0 Å². The minimum atomic E-state index is -0.594. The molecule has 0 spiro atoms. The maximum atomic E-state index is 13.3. The van der Waals surface area contributed by atoms with Gasteiger partial charge in [-0.15, -0.1) is 0 Å². The van der Waals surface area contributed by atoms with Crippen LogP contribution in [-0.2, 0) is 9.59 Å². The minimum Gasteiger partial charge on any atom is -0.324 e. The maximum absolute atomic E-state index is 13.3. The van der Waals surface area contributed by atoms with E-state index in [2.05, 4.69) is 5.32 Å². The average molecular weight is 498 g/mol. The zero-order chi connectivity index (χ0) is 24.6. The van der Waals surface area contributed by atoms with Crippen molar-refractivity contribution in [3.63, 3.8) is 0 Å². The molecular weight excluding hydrogens is 477 g/mol. The summed E-state index contributed by atoms with van der Waals surface area (Å²) in [5, 5.41) is 2.62. The summed E-state index contributed by atoms with van der Waals surface area (Å²) in [6.45, 7) is 5.36. The normalized spacial score (nSPS) is 14.9. The Bertz CT molecular complexity index is 1370. The number of amides is 3. The molecule has 9 heteroatoms. The number of anilines is 1. The number of imide groups is 1. The number of benzene rings is 2. The van der Waals surface area contributed by atoms with Gasteiger partial charge in [0.1, 0.15) is 12.4 Å². The topological polar surface area (TPSA) is 71.4 Å². The Kier molecular flexibility index (Phi) is 6.63. The molecule has 1 aromatic heterocycles. The van der Waals surface area contributed by atoms with E-state index in [-0.39, 0.29) is 10.6 Å². The van der Waals surface area contributed by atoms with E-state index in [0.29, 0.717) is 5.02 Å². The molecule has 4 rings (SSSR count). The van der Waals surface area contributed by atoms with Crippen LogP contribution in [0, 0.1) is 26.6 Å². The average Bonchev–Trinajstić information content (AvgIpc) is 3.19. The van der Waals surface area contributed by atoms with Gasteiger partial charge in [-0.2, -0.15) is 0 Å². The van der Waals surface area contributed by atoms with Crippen LogP contribution in [0.3, 0.4) is 0 Å². The number of halogens is 2. The molecule has 0 saturated carbocycles.